The number of thioether (sulfide) groups is 1. The summed E-state index contributed by atoms with van der Waals surface area (Å²) in [5.41, 5.74) is 2.74. The third-order valence-electron chi connectivity index (χ3n) is 5.27. The summed E-state index contributed by atoms with van der Waals surface area (Å²) in [6.07, 6.45) is 2.03. The molecule has 4 rings (SSSR count). The molecule has 0 saturated carbocycles. The number of benzene rings is 1. The van der Waals surface area contributed by atoms with Gasteiger partial charge in [-0.25, -0.2) is 14.6 Å². The van der Waals surface area contributed by atoms with Gasteiger partial charge in [-0.2, -0.15) is 5.10 Å². The first-order chi connectivity index (χ1) is 14.4. The average Bonchev–Trinajstić information content (AvgIpc) is 3.11. The molecule has 1 aliphatic heterocycles. The van der Waals surface area contributed by atoms with Gasteiger partial charge in [0.1, 0.15) is 11.6 Å². The van der Waals surface area contributed by atoms with Crippen molar-refractivity contribution >= 4 is 23.5 Å². The molecule has 0 spiro atoms. The van der Waals surface area contributed by atoms with Crippen LogP contribution in [0.2, 0.25) is 0 Å². The summed E-state index contributed by atoms with van der Waals surface area (Å²) in [6, 6.07) is 11.8. The third-order valence-corrected chi connectivity index (χ3v) is 6.01. The van der Waals surface area contributed by atoms with Crippen LogP contribution in [0.15, 0.2) is 41.3 Å². The summed E-state index contributed by atoms with van der Waals surface area (Å²) in [5.74, 6) is 2.45. The standard InChI is InChI=1S/C22H26N6OS/c1-15-13-16(2)28(25-15)21-14-20(23-17(3)24-21)26-9-11-27(12-10-26)22(29)18-5-7-19(30-4)8-6-18/h5-8,13-14H,9-12H2,1-4H3. The monoisotopic (exact) mass is 422 g/mol. The van der Waals surface area contributed by atoms with Crippen molar-refractivity contribution in [1.82, 2.24) is 24.6 Å². The normalized spacial score (nSPS) is 14.3. The highest BCUT2D eigenvalue weighted by Gasteiger charge is 2.23. The van der Waals surface area contributed by atoms with Gasteiger partial charge in [0.15, 0.2) is 5.82 Å². The zero-order valence-electron chi connectivity index (χ0n) is 17.8. The van der Waals surface area contributed by atoms with Gasteiger partial charge in [0, 0.05) is 48.4 Å². The average molecular weight is 423 g/mol. The summed E-state index contributed by atoms with van der Waals surface area (Å²) in [4.78, 5) is 27.3. The van der Waals surface area contributed by atoms with E-state index < -0.39 is 0 Å². The lowest BCUT2D eigenvalue weighted by Gasteiger charge is -2.35. The summed E-state index contributed by atoms with van der Waals surface area (Å²) >= 11 is 1.68. The number of anilines is 1. The van der Waals surface area contributed by atoms with Crippen LogP contribution in [0.4, 0.5) is 5.82 Å². The fourth-order valence-corrected chi connectivity index (χ4v) is 4.13. The Bertz CT molecular complexity index is 1050. The molecule has 1 fully saturated rings. The van der Waals surface area contributed by atoms with Gasteiger partial charge in [0.25, 0.3) is 5.91 Å². The van der Waals surface area contributed by atoms with E-state index in [1.54, 1.807) is 11.8 Å². The number of carbonyl (C=O) groups excluding carboxylic acids is 1. The maximum atomic E-state index is 12.8. The fraction of sp³-hybridized carbons (Fsp3) is 0.364. The third kappa shape index (κ3) is 4.18. The lowest BCUT2D eigenvalue weighted by Crippen LogP contribution is -2.49. The largest absolute Gasteiger partial charge is 0.353 e. The molecule has 3 heterocycles. The van der Waals surface area contributed by atoms with Crippen LogP contribution in [-0.4, -0.2) is 63.0 Å². The minimum absolute atomic E-state index is 0.0875. The van der Waals surface area contributed by atoms with E-state index in [0.717, 1.165) is 46.6 Å². The Balaban J connectivity index is 1.47. The lowest BCUT2D eigenvalue weighted by molar-refractivity contribution is 0.0746. The number of hydrogen-bond acceptors (Lipinski definition) is 6. The van der Waals surface area contributed by atoms with Crippen molar-refractivity contribution in [2.75, 3.05) is 37.3 Å². The van der Waals surface area contributed by atoms with E-state index >= 15 is 0 Å². The molecule has 3 aromatic rings. The van der Waals surface area contributed by atoms with Crippen LogP contribution in [0, 0.1) is 20.8 Å². The van der Waals surface area contributed by atoms with Crippen molar-refractivity contribution in [3.8, 4) is 5.82 Å². The van der Waals surface area contributed by atoms with E-state index in [1.165, 1.54) is 0 Å². The molecule has 0 N–H and O–H groups in total. The van der Waals surface area contributed by atoms with E-state index in [0.29, 0.717) is 18.9 Å². The van der Waals surface area contributed by atoms with Crippen molar-refractivity contribution in [2.45, 2.75) is 25.7 Å². The van der Waals surface area contributed by atoms with Gasteiger partial charge >= 0.3 is 0 Å². The number of aryl methyl sites for hydroxylation is 3. The molecular weight excluding hydrogens is 396 g/mol. The Morgan fingerprint density at radius 2 is 1.60 bits per heavy atom. The number of piperazine rings is 1. The number of nitrogens with zero attached hydrogens (tertiary/aromatic N) is 6. The van der Waals surface area contributed by atoms with Gasteiger partial charge in [-0.3, -0.25) is 4.79 Å². The minimum Gasteiger partial charge on any atom is -0.353 e. The molecule has 0 radical (unpaired) electrons. The van der Waals surface area contributed by atoms with E-state index in [-0.39, 0.29) is 5.91 Å². The molecule has 1 aromatic carbocycles. The SMILES string of the molecule is CSc1ccc(C(=O)N2CCN(c3cc(-n4nc(C)cc4C)nc(C)n3)CC2)cc1. The molecule has 30 heavy (non-hydrogen) atoms. The van der Waals surface area contributed by atoms with Gasteiger partial charge in [0.2, 0.25) is 0 Å². The first-order valence-corrected chi connectivity index (χ1v) is 11.2. The smallest absolute Gasteiger partial charge is 0.253 e. The van der Waals surface area contributed by atoms with Crippen LogP contribution in [0.3, 0.4) is 0 Å². The topological polar surface area (TPSA) is 67.2 Å². The van der Waals surface area contributed by atoms with Crippen molar-refractivity contribution in [3.05, 3.63) is 59.2 Å². The van der Waals surface area contributed by atoms with Crippen LogP contribution in [0.1, 0.15) is 27.6 Å². The molecule has 7 nitrogen and oxygen atoms in total. The van der Waals surface area contributed by atoms with Gasteiger partial charge in [-0.15, -0.1) is 11.8 Å². The quantitative estimate of drug-likeness (QED) is 0.601. The number of aromatic nitrogens is 4. The molecule has 0 aliphatic carbocycles. The predicted octanol–water partition coefficient (Wildman–Crippen LogP) is 3.27. The van der Waals surface area contributed by atoms with Crippen LogP contribution in [0.5, 0.6) is 0 Å². The molecule has 0 bridgehead atoms. The van der Waals surface area contributed by atoms with E-state index in [9.17, 15) is 4.79 Å². The first-order valence-electron chi connectivity index (χ1n) is 10.0. The number of hydrogen-bond donors (Lipinski definition) is 0. The fourth-order valence-electron chi connectivity index (χ4n) is 3.72. The molecule has 0 unspecified atom stereocenters. The highest BCUT2D eigenvalue weighted by atomic mass is 32.2. The van der Waals surface area contributed by atoms with Crippen LogP contribution in [0.25, 0.3) is 5.82 Å². The second-order valence-electron chi connectivity index (χ2n) is 7.48. The van der Waals surface area contributed by atoms with Gasteiger partial charge < -0.3 is 9.80 Å². The lowest BCUT2D eigenvalue weighted by atomic mass is 10.2. The molecule has 1 aliphatic rings. The molecule has 1 amide bonds. The maximum absolute atomic E-state index is 12.8. The van der Waals surface area contributed by atoms with Crippen LogP contribution < -0.4 is 4.90 Å². The molecule has 2 aromatic heterocycles. The molecule has 156 valence electrons. The zero-order chi connectivity index (χ0) is 21.3. The second kappa shape index (κ2) is 8.47. The molecular formula is C22H26N6OS. The second-order valence-corrected chi connectivity index (χ2v) is 8.36. The predicted molar refractivity (Wildman–Crippen MR) is 120 cm³/mol. The molecule has 0 atom stereocenters. The van der Waals surface area contributed by atoms with Gasteiger partial charge in [-0.1, -0.05) is 0 Å². The maximum Gasteiger partial charge on any atom is 0.253 e. The summed E-state index contributed by atoms with van der Waals surface area (Å²) in [7, 11) is 0. The summed E-state index contributed by atoms with van der Waals surface area (Å²) in [6.45, 7) is 8.71. The number of rotatable bonds is 4. The first kappa shape index (κ1) is 20.4. The molecule has 8 heteroatoms. The van der Waals surface area contributed by atoms with E-state index in [4.69, 9.17) is 0 Å². The minimum atomic E-state index is 0.0875. The Kier molecular flexibility index (Phi) is 5.76. The Morgan fingerprint density at radius 3 is 2.20 bits per heavy atom. The van der Waals surface area contributed by atoms with Gasteiger partial charge in [-0.05, 0) is 57.4 Å². The Hall–Kier alpha value is -2.87. The van der Waals surface area contributed by atoms with E-state index in [1.807, 2.05) is 73.0 Å². The van der Waals surface area contributed by atoms with Crippen molar-refractivity contribution in [1.29, 1.82) is 0 Å². The Labute approximate surface area is 181 Å². The van der Waals surface area contributed by atoms with E-state index in [2.05, 4.69) is 20.0 Å². The van der Waals surface area contributed by atoms with Crippen molar-refractivity contribution < 1.29 is 4.79 Å². The summed E-state index contributed by atoms with van der Waals surface area (Å²) < 4.78 is 1.85. The van der Waals surface area contributed by atoms with Crippen LogP contribution in [-0.2, 0) is 0 Å². The highest BCUT2D eigenvalue weighted by Crippen LogP contribution is 2.20. The number of carbonyl (C=O) groups is 1. The number of amides is 1. The highest BCUT2D eigenvalue weighted by molar-refractivity contribution is 7.98. The Morgan fingerprint density at radius 1 is 0.933 bits per heavy atom. The van der Waals surface area contributed by atoms with Crippen LogP contribution >= 0.6 is 11.8 Å². The van der Waals surface area contributed by atoms with Crippen molar-refractivity contribution in [3.63, 3.8) is 0 Å². The van der Waals surface area contributed by atoms with Gasteiger partial charge in [0.05, 0.1) is 5.69 Å². The van der Waals surface area contributed by atoms with Crippen molar-refractivity contribution in [2.24, 2.45) is 0 Å². The molecule has 1 saturated heterocycles. The zero-order valence-corrected chi connectivity index (χ0v) is 18.6. The summed E-state index contributed by atoms with van der Waals surface area (Å²) in [5, 5.41) is 4.54.